The Balaban J connectivity index is 3.95. The Kier molecular flexibility index (Phi) is 17.3. The van der Waals surface area contributed by atoms with Gasteiger partial charge in [0.15, 0.2) is 0 Å². The first kappa shape index (κ1) is 26.1. The molecule has 157 valence electrons. The van der Waals surface area contributed by atoms with Crippen LogP contribution < -0.4 is 0 Å². The molecule has 0 aliphatic carbocycles. The zero-order chi connectivity index (χ0) is 19.7. The Labute approximate surface area is 165 Å². The molecular formula is C22H47O3Si. The summed E-state index contributed by atoms with van der Waals surface area (Å²) in [4.78, 5) is 0. The summed E-state index contributed by atoms with van der Waals surface area (Å²) in [6, 6.07) is 0.924. The molecule has 0 bridgehead atoms. The Bertz CT molecular complexity index is 285. The van der Waals surface area contributed by atoms with Crippen molar-refractivity contribution < 1.29 is 13.3 Å². The molecule has 0 saturated carbocycles. The predicted molar refractivity (Wildman–Crippen MR) is 115 cm³/mol. The molecule has 1 radical (unpaired) electrons. The van der Waals surface area contributed by atoms with Gasteiger partial charge in [0.2, 0.25) is 0 Å². The van der Waals surface area contributed by atoms with Crippen molar-refractivity contribution in [1.29, 1.82) is 0 Å². The van der Waals surface area contributed by atoms with Crippen LogP contribution in [0.5, 0.6) is 0 Å². The molecule has 0 heterocycles. The molecule has 1 atom stereocenters. The Morgan fingerprint density at radius 2 is 1.15 bits per heavy atom. The lowest BCUT2D eigenvalue weighted by Crippen LogP contribution is -2.42. The smallest absolute Gasteiger partial charge is 0.377 e. The van der Waals surface area contributed by atoms with E-state index in [4.69, 9.17) is 13.3 Å². The fourth-order valence-corrected chi connectivity index (χ4v) is 5.58. The Morgan fingerprint density at radius 1 is 0.692 bits per heavy atom. The van der Waals surface area contributed by atoms with E-state index in [9.17, 15) is 0 Å². The molecule has 0 saturated heterocycles. The molecular weight excluding hydrogens is 340 g/mol. The average molecular weight is 388 g/mol. The standard InChI is InChI=1S/C22H47O3Si/c1-7-8-9-10-11-12-13-14-15-17-22(20-21(2)3)18-16-19-26(23-4,24-5)25-6/h22H,7-20H2,1-6H3. The van der Waals surface area contributed by atoms with Gasteiger partial charge in [-0.05, 0) is 24.7 Å². The molecule has 0 aromatic heterocycles. The van der Waals surface area contributed by atoms with E-state index in [1.807, 2.05) is 0 Å². The van der Waals surface area contributed by atoms with Gasteiger partial charge in [-0.1, -0.05) is 91.4 Å². The first-order chi connectivity index (χ1) is 12.5. The van der Waals surface area contributed by atoms with Crippen LogP contribution in [0.4, 0.5) is 0 Å². The summed E-state index contributed by atoms with van der Waals surface area (Å²) in [7, 11) is 2.74. The third kappa shape index (κ3) is 13.3. The largest absolute Gasteiger partial charge is 0.500 e. The van der Waals surface area contributed by atoms with E-state index in [-0.39, 0.29) is 0 Å². The van der Waals surface area contributed by atoms with Crippen LogP contribution in [-0.4, -0.2) is 30.1 Å². The van der Waals surface area contributed by atoms with Crippen LogP contribution in [0.25, 0.3) is 0 Å². The lowest BCUT2D eigenvalue weighted by molar-refractivity contribution is 0.122. The van der Waals surface area contributed by atoms with Crippen LogP contribution >= 0.6 is 0 Å². The fourth-order valence-electron chi connectivity index (χ4n) is 3.83. The van der Waals surface area contributed by atoms with E-state index in [1.54, 1.807) is 27.2 Å². The minimum Gasteiger partial charge on any atom is -0.377 e. The summed E-state index contributed by atoms with van der Waals surface area (Å²) in [6.07, 6.45) is 17.7. The van der Waals surface area contributed by atoms with Crippen LogP contribution in [0.15, 0.2) is 0 Å². The molecule has 1 unspecified atom stereocenters. The Morgan fingerprint density at radius 3 is 1.62 bits per heavy atom. The van der Waals surface area contributed by atoms with Gasteiger partial charge >= 0.3 is 8.80 Å². The summed E-state index contributed by atoms with van der Waals surface area (Å²) in [6.45, 7) is 6.82. The quantitative estimate of drug-likeness (QED) is 0.173. The minimum atomic E-state index is -2.39. The van der Waals surface area contributed by atoms with Gasteiger partial charge in [-0.2, -0.15) is 0 Å². The SMILES string of the molecule is CCCCCCCCCCCC(CCC[Si](OC)(OC)OC)C[C](C)C. The van der Waals surface area contributed by atoms with Gasteiger partial charge in [-0.25, -0.2) is 0 Å². The highest BCUT2D eigenvalue weighted by molar-refractivity contribution is 6.60. The average Bonchev–Trinajstić information content (AvgIpc) is 2.63. The van der Waals surface area contributed by atoms with Gasteiger partial charge in [0.1, 0.15) is 0 Å². The normalized spacial score (nSPS) is 13.5. The van der Waals surface area contributed by atoms with Crippen LogP contribution in [0.3, 0.4) is 0 Å². The van der Waals surface area contributed by atoms with Gasteiger partial charge < -0.3 is 13.3 Å². The second-order valence-electron chi connectivity index (χ2n) is 8.08. The Hall–Kier alpha value is 0.0969. The lowest BCUT2D eigenvalue weighted by atomic mass is 9.88. The zero-order valence-electron chi connectivity index (χ0n) is 18.7. The highest BCUT2D eigenvalue weighted by Gasteiger charge is 2.37. The minimum absolute atomic E-state index is 0.807. The van der Waals surface area contributed by atoms with E-state index in [2.05, 4.69) is 20.8 Å². The van der Waals surface area contributed by atoms with Crippen molar-refractivity contribution in [2.45, 2.75) is 110 Å². The van der Waals surface area contributed by atoms with E-state index >= 15 is 0 Å². The maximum atomic E-state index is 5.55. The van der Waals surface area contributed by atoms with Crippen molar-refractivity contribution in [2.24, 2.45) is 5.92 Å². The van der Waals surface area contributed by atoms with Gasteiger partial charge in [-0.3, -0.25) is 0 Å². The highest BCUT2D eigenvalue weighted by Crippen LogP contribution is 2.27. The van der Waals surface area contributed by atoms with Crippen molar-refractivity contribution in [2.75, 3.05) is 21.3 Å². The molecule has 0 aromatic carbocycles. The van der Waals surface area contributed by atoms with Crippen LogP contribution in [0.1, 0.15) is 104 Å². The molecule has 3 nitrogen and oxygen atoms in total. The number of hydrogen-bond acceptors (Lipinski definition) is 3. The monoisotopic (exact) mass is 387 g/mol. The van der Waals surface area contributed by atoms with E-state index < -0.39 is 8.80 Å². The fraction of sp³-hybridized carbons (Fsp3) is 0.955. The topological polar surface area (TPSA) is 27.7 Å². The van der Waals surface area contributed by atoms with Gasteiger partial charge in [-0.15, -0.1) is 0 Å². The summed E-state index contributed by atoms with van der Waals surface area (Å²) in [5, 5.41) is 0. The van der Waals surface area contributed by atoms with Crippen LogP contribution in [-0.2, 0) is 13.3 Å². The van der Waals surface area contributed by atoms with Crippen LogP contribution in [0, 0.1) is 11.8 Å². The molecule has 4 heteroatoms. The summed E-state index contributed by atoms with van der Waals surface area (Å²) in [5.41, 5.74) is 0. The second kappa shape index (κ2) is 17.2. The maximum Gasteiger partial charge on any atom is 0.500 e. The number of unbranched alkanes of at least 4 members (excludes halogenated alkanes) is 8. The molecule has 0 aliphatic heterocycles. The van der Waals surface area contributed by atoms with Crippen molar-refractivity contribution in [3.05, 3.63) is 5.92 Å². The zero-order valence-corrected chi connectivity index (χ0v) is 19.7. The molecule has 0 amide bonds. The van der Waals surface area contributed by atoms with Crippen LogP contribution in [0.2, 0.25) is 6.04 Å². The molecule has 0 fully saturated rings. The van der Waals surface area contributed by atoms with Crippen molar-refractivity contribution in [1.82, 2.24) is 0 Å². The summed E-state index contributed by atoms with van der Waals surface area (Å²) in [5.74, 6) is 2.36. The first-order valence-electron chi connectivity index (χ1n) is 11.0. The first-order valence-corrected chi connectivity index (χ1v) is 12.9. The van der Waals surface area contributed by atoms with Crippen molar-refractivity contribution >= 4 is 8.80 Å². The third-order valence-electron chi connectivity index (χ3n) is 5.44. The summed E-state index contributed by atoms with van der Waals surface area (Å²) < 4.78 is 16.6. The predicted octanol–water partition coefficient (Wildman–Crippen LogP) is 7.19. The highest BCUT2D eigenvalue weighted by atomic mass is 28.4. The number of rotatable bonds is 19. The molecule has 0 aliphatic rings. The third-order valence-corrected chi connectivity index (χ3v) is 8.27. The van der Waals surface area contributed by atoms with Gasteiger partial charge in [0, 0.05) is 27.4 Å². The molecule has 0 aromatic rings. The van der Waals surface area contributed by atoms with Gasteiger partial charge in [0.25, 0.3) is 0 Å². The second-order valence-corrected chi connectivity index (χ2v) is 11.2. The van der Waals surface area contributed by atoms with E-state index in [0.29, 0.717) is 0 Å². The number of hydrogen-bond donors (Lipinski definition) is 0. The van der Waals surface area contributed by atoms with Crippen molar-refractivity contribution in [3.63, 3.8) is 0 Å². The molecule has 0 rings (SSSR count). The molecule has 0 N–H and O–H groups in total. The lowest BCUT2D eigenvalue weighted by Gasteiger charge is -2.25. The maximum absolute atomic E-state index is 5.55. The summed E-state index contributed by atoms with van der Waals surface area (Å²) >= 11 is 0. The van der Waals surface area contributed by atoms with Crippen molar-refractivity contribution in [3.8, 4) is 0 Å². The van der Waals surface area contributed by atoms with Gasteiger partial charge in [0.05, 0.1) is 0 Å². The molecule has 26 heavy (non-hydrogen) atoms. The molecule has 0 spiro atoms. The van der Waals surface area contributed by atoms with E-state index in [1.165, 1.54) is 77.0 Å². The van der Waals surface area contributed by atoms with E-state index in [0.717, 1.165) is 18.4 Å².